The number of aryl methyl sites for hydroxylation is 1. The molecule has 0 N–H and O–H groups in total. The Morgan fingerprint density at radius 2 is 1.76 bits per heavy atom. The van der Waals surface area contributed by atoms with Crippen LogP contribution in [0.4, 0.5) is 0 Å². The Labute approximate surface area is 131 Å². The number of thiophene rings is 1. The first-order chi connectivity index (χ1) is 10.4. The van der Waals surface area contributed by atoms with Crippen molar-refractivity contribution in [3.8, 4) is 0 Å². The summed E-state index contributed by atoms with van der Waals surface area (Å²) >= 11 is 1.84. The van der Waals surface area contributed by atoms with E-state index in [1.807, 2.05) is 11.3 Å². The lowest BCUT2D eigenvalue weighted by Crippen LogP contribution is -2.36. The summed E-state index contributed by atoms with van der Waals surface area (Å²) in [7, 11) is 0. The van der Waals surface area contributed by atoms with Crippen LogP contribution in [0.3, 0.4) is 0 Å². The van der Waals surface area contributed by atoms with Crippen molar-refractivity contribution in [2.24, 2.45) is 0 Å². The van der Waals surface area contributed by atoms with E-state index in [0.29, 0.717) is 0 Å². The van der Waals surface area contributed by atoms with E-state index in [4.69, 9.17) is 4.74 Å². The van der Waals surface area contributed by atoms with Gasteiger partial charge in [0.05, 0.1) is 13.2 Å². The van der Waals surface area contributed by atoms with Gasteiger partial charge in [0.1, 0.15) is 0 Å². The van der Waals surface area contributed by atoms with Gasteiger partial charge in [0.15, 0.2) is 0 Å². The molecule has 0 amide bonds. The summed E-state index contributed by atoms with van der Waals surface area (Å²) in [5.74, 6) is 0. The Bertz CT molecular complexity index is 515. The Morgan fingerprint density at radius 1 is 1.00 bits per heavy atom. The molecule has 3 heteroatoms. The number of nitrogens with zero attached hydrogens (tertiary/aromatic N) is 1. The second kappa shape index (κ2) is 7.74. The van der Waals surface area contributed by atoms with Crippen molar-refractivity contribution in [2.75, 3.05) is 32.8 Å². The van der Waals surface area contributed by atoms with E-state index in [9.17, 15) is 0 Å². The molecule has 2 nitrogen and oxygen atoms in total. The van der Waals surface area contributed by atoms with Crippen LogP contribution in [0.25, 0.3) is 0 Å². The van der Waals surface area contributed by atoms with Crippen LogP contribution in [-0.4, -0.2) is 37.7 Å². The van der Waals surface area contributed by atoms with Crippen molar-refractivity contribution in [3.63, 3.8) is 0 Å². The molecule has 1 aromatic carbocycles. The third-order valence-electron chi connectivity index (χ3n) is 4.02. The predicted octanol–water partition coefficient (Wildman–Crippen LogP) is 3.60. The Hall–Kier alpha value is -1.16. The number of hydrogen-bond acceptors (Lipinski definition) is 3. The lowest BCUT2D eigenvalue weighted by Gasteiger charge is -2.26. The van der Waals surface area contributed by atoms with E-state index in [-0.39, 0.29) is 0 Å². The molecule has 0 atom stereocenters. The van der Waals surface area contributed by atoms with Gasteiger partial charge in [-0.2, -0.15) is 0 Å². The van der Waals surface area contributed by atoms with Gasteiger partial charge in [0, 0.05) is 24.4 Å². The molecule has 1 saturated heterocycles. The van der Waals surface area contributed by atoms with Gasteiger partial charge in [0.25, 0.3) is 0 Å². The van der Waals surface area contributed by atoms with E-state index in [2.05, 4.69) is 46.7 Å². The maximum Gasteiger partial charge on any atom is 0.0594 e. The van der Waals surface area contributed by atoms with E-state index in [0.717, 1.165) is 32.7 Å². The van der Waals surface area contributed by atoms with Gasteiger partial charge < -0.3 is 4.74 Å². The molecule has 1 fully saturated rings. The number of rotatable bonds is 6. The van der Waals surface area contributed by atoms with Gasteiger partial charge in [-0.1, -0.05) is 30.3 Å². The zero-order valence-corrected chi connectivity index (χ0v) is 13.3. The van der Waals surface area contributed by atoms with Crippen LogP contribution in [0.5, 0.6) is 0 Å². The van der Waals surface area contributed by atoms with Crippen molar-refractivity contribution in [3.05, 3.63) is 57.8 Å². The molecular formula is C18H23NOS. The fraction of sp³-hybridized carbons (Fsp3) is 0.444. The molecule has 0 radical (unpaired) electrons. The molecular weight excluding hydrogens is 278 g/mol. The SMILES string of the molecule is c1csc(Cc2ccc(CCCN3CCOCC3)cc2)c1. The second-order valence-corrected chi connectivity index (χ2v) is 6.66. The summed E-state index contributed by atoms with van der Waals surface area (Å²) in [4.78, 5) is 3.95. The molecule has 1 aliphatic heterocycles. The number of hydrogen-bond donors (Lipinski definition) is 0. The van der Waals surface area contributed by atoms with Gasteiger partial charge in [-0.15, -0.1) is 11.3 Å². The van der Waals surface area contributed by atoms with Gasteiger partial charge in [0.2, 0.25) is 0 Å². The van der Waals surface area contributed by atoms with Crippen LogP contribution in [0.2, 0.25) is 0 Å². The standard InChI is InChI=1S/C18H23NOS/c1(9-19-10-12-20-13-11-19)3-16-5-7-17(8-6-16)15-18-4-2-14-21-18/h2,4-8,14H,1,3,9-13,15H2. The quantitative estimate of drug-likeness (QED) is 0.808. The van der Waals surface area contributed by atoms with E-state index >= 15 is 0 Å². The Morgan fingerprint density at radius 3 is 2.48 bits per heavy atom. The molecule has 0 spiro atoms. The molecule has 0 bridgehead atoms. The van der Waals surface area contributed by atoms with Crippen LogP contribution >= 0.6 is 11.3 Å². The molecule has 1 aliphatic rings. The largest absolute Gasteiger partial charge is 0.379 e. The monoisotopic (exact) mass is 301 g/mol. The summed E-state index contributed by atoms with van der Waals surface area (Å²) in [6.45, 7) is 5.19. The number of ether oxygens (including phenoxy) is 1. The highest BCUT2D eigenvalue weighted by atomic mass is 32.1. The van der Waals surface area contributed by atoms with Crippen LogP contribution in [0.1, 0.15) is 22.4 Å². The average molecular weight is 301 g/mol. The third kappa shape index (κ3) is 4.67. The highest BCUT2D eigenvalue weighted by molar-refractivity contribution is 7.09. The van der Waals surface area contributed by atoms with Gasteiger partial charge in [-0.05, 0) is 42.0 Å². The molecule has 0 saturated carbocycles. The zero-order valence-electron chi connectivity index (χ0n) is 12.5. The minimum absolute atomic E-state index is 0.900. The molecule has 2 aromatic rings. The summed E-state index contributed by atoms with van der Waals surface area (Å²) in [6.07, 6.45) is 3.48. The van der Waals surface area contributed by atoms with Crippen molar-refractivity contribution in [2.45, 2.75) is 19.3 Å². The highest BCUT2D eigenvalue weighted by Gasteiger charge is 2.09. The first-order valence-electron chi connectivity index (χ1n) is 7.80. The smallest absolute Gasteiger partial charge is 0.0594 e. The van der Waals surface area contributed by atoms with Crippen LogP contribution in [0.15, 0.2) is 41.8 Å². The average Bonchev–Trinajstić information content (AvgIpc) is 3.03. The summed E-state index contributed by atoms with van der Waals surface area (Å²) in [5, 5.41) is 2.15. The molecule has 1 aromatic heterocycles. The van der Waals surface area contributed by atoms with E-state index in [1.165, 1.54) is 35.4 Å². The minimum atomic E-state index is 0.900. The highest BCUT2D eigenvalue weighted by Crippen LogP contribution is 2.16. The number of benzene rings is 1. The molecule has 0 unspecified atom stereocenters. The predicted molar refractivity (Wildman–Crippen MR) is 89.1 cm³/mol. The fourth-order valence-electron chi connectivity index (χ4n) is 2.77. The Balaban J connectivity index is 1.43. The maximum absolute atomic E-state index is 5.38. The normalized spacial score (nSPS) is 16.2. The first-order valence-corrected chi connectivity index (χ1v) is 8.68. The third-order valence-corrected chi connectivity index (χ3v) is 4.90. The molecule has 3 rings (SSSR count). The maximum atomic E-state index is 5.38. The Kier molecular flexibility index (Phi) is 5.44. The zero-order chi connectivity index (χ0) is 14.3. The molecule has 21 heavy (non-hydrogen) atoms. The second-order valence-electron chi connectivity index (χ2n) is 5.63. The van der Waals surface area contributed by atoms with Gasteiger partial charge >= 0.3 is 0 Å². The summed E-state index contributed by atoms with van der Waals surface area (Å²) in [5.41, 5.74) is 2.87. The number of morpholine rings is 1. The van der Waals surface area contributed by atoms with E-state index in [1.54, 1.807) is 0 Å². The molecule has 2 heterocycles. The van der Waals surface area contributed by atoms with Crippen LogP contribution in [0, 0.1) is 0 Å². The summed E-state index contributed by atoms with van der Waals surface area (Å²) < 4.78 is 5.38. The van der Waals surface area contributed by atoms with E-state index < -0.39 is 0 Å². The molecule has 0 aliphatic carbocycles. The van der Waals surface area contributed by atoms with Crippen molar-refractivity contribution in [1.29, 1.82) is 0 Å². The van der Waals surface area contributed by atoms with Crippen molar-refractivity contribution >= 4 is 11.3 Å². The van der Waals surface area contributed by atoms with Crippen molar-refractivity contribution in [1.82, 2.24) is 4.90 Å². The first kappa shape index (κ1) is 14.8. The summed E-state index contributed by atoms with van der Waals surface area (Å²) in [6, 6.07) is 13.5. The topological polar surface area (TPSA) is 12.5 Å². The lowest BCUT2D eigenvalue weighted by molar-refractivity contribution is 0.0375. The van der Waals surface area contributed by atoms with Gasteiger partial charge in [-0.25, -0.2) is 0 Å². The van der Waals surface area contributed by atoms with Crippen molar-refractivity contribution < 1.29 is 4.74 Å². The fourth-order valence-corrected chi connectivity index (χ4v) is 3.51. The lowest BCUT2D eigenvalue weighted by atomic mass is 10.0. The molecule has 112 valence electrons. The van der Waals surface area contributed by atoms with Crippen LogP contribution < -0.4 is 0 Å². The van der Waals surface area contributed by atoms with Crippen LogP contribution in [-0.2, 0) is 17.6 Å². The van der Waals surface area contributed by atoms with Gasteiger partial charge in [-0.3, -0.25) is 4.90 Å². The minimum Gasteiger partial charge on any atom is -0.379 e.